The standard InChI is InChI=1S/C10H20/c1-6-9(4)7-10(5)8(2)3/h6,8-10H,1,7H2,2-5H3. The molecule has 2 unspecified atom stereocenters. The van der Waals surface area contributed by atoms with Gasteiger partial charge < -0.3 is 0 Å². The third kappa shape index (κ3) is 3.71. The molecule has 0 fully saturated rings. The topological polar surface area (TPSA) is 0 Å². The lowest BCUT2D eigenvalue weighted by atomic mass is 9.89. The van der Waals surface area contributed by atoms with Gasteiger partial charge in [0.05, 0.1) is 0 Å². The molecule has 0 saturated carbocycles. The fraction of sp³-hybridized carbons (Fsp3) is 0.800. The SMILES string of the molecule is C=CC(C)CC(C)C(C)C. The molecule has 10 heavy (non-hydrogen) atoms. The molecule has 0 amide bonds. The molecule has 2 atom stereocenters. The first kappa shape index (κ1) is 9.74. The van der Waals surface area contributed by atoms with Crippen molar-refractivity contribution in [2.24, 2.45) is 17.8 Å². The van der Waals surface area contributed by atoms with Gasteiger partial charge in [-0.2, -0.15) is 0 Å². The second-order valence-electron chi connectivity index (χ2n) is 3.67. The van der Waals surface area contributed by atoms with Crippen LogP contribution in [0.25, 0.3) is 0 Å². The van der Waals surface area contributed by atoms with Crippen LogP contribution in [0.4, 0.5) is 0 Å². The molecule has 0 aliphatic rings. The molecule has 0 N–H and O–H groups in total. The highest BCUT2D eigenvalue weighted by atomic mass is 14.1. The van der Waals surface area contributed by atoms with Crippen LogP contribution in [0.5, 0.6) is 0 Å². The Morgan fingerprint density at radius 2 is 1.70 bits per heavy atom. The van der Waals surface area contributed by atoms with Crippen molar-refractivity contribution in [3.05, 3.63) is 12.7 Å². The molecule has 0 aromatic carbocycles. The zero-order valence-electron chi connectivity index (χ0n) is 7.72. The summed E-state index contributed by atoms with van der Waals surface area (Å²) in [5.41, 5.74) is 0. The van der Waals surface area contributed by atoms with Gasteiger partial charge >= 0.3 is 0 Å². The van der Waals surface area contributed by atoms with Crippen LogP contribution in [0.2, 0.25) is 0 Å². The Kier molecular flexibility index (Phi) is 4.42. The lowest BCUT2D eigenvalue weighted by Gasteiger charge is -2.17. The van der Waals surface area contributed by atoms with E-state index in [2.05, 4.69) is 34.3 Å². The molecule has 0 aliphatic carbocycles. The van der Waals surface area contributed by atoms with Gasteiger partial charge in [-0.05, 0) is 24.2 Å². The van der Waals surface area contributed by atoms with Crippen molar-refractivity contribution in [3.63, 3.8) is 0 Å². The average Bonchev–Trinajstić information content (AvgIpc) is 1.87. The van der Waals surface area contributed by atoms with Gasteiger partial charge in [0.1, 0.15) is 0 Å². The smallest absolute Gasteiger partial charge is 0.0262 e. The van der Waals surface area contributed by atoms with Crippen molar-refractivity contribution in [3.8, 4) is 0 Å². The fourth-order valence-corrected chi connectivity index (χ4v) is 0.955. The van der Waals surface area contributed by atoms with Gasteiger partial charge in [0.25, 0.3) is 0 Å². The summed E-state index contributed by atoms with van der Waals surface area (Å²) >= 11 is 0. The van der Waals surface area contributed by atoms with Crippen LogP contribution in [0.1, 0.15) is 34.1 Å². The summed E-state index contributed by atoms with van der Waals surface area (Å²) in [7, 11) is 0. The van der Waals surface area contributed by atoms with Crippen LogP contribution in [-0.2, 0) is 0 Å². The third-order valence-corrected chi connectivity index (χ3v) is 2.28. The predicted molar refractivity (Wildman–Crippen MR) is 48.0 cm³/mol. The molecule has 60 valence electrons. The first-order valence-corrected chi connectivity index (χ1v) is 4.20. The lowest BCUT2D eigenvalue weighted by molar-refractivity contribution is 0.359. The van der Waals surface area contributed by atoms with Crippen molar-refractivity contribution in [1.29, 1.82) is 0 Å². The van der Waals surface area contributed by atoms with E-state index in [1.54, 1.807) is 0 Å². The van der Waals surface area contributed by atoms with Crippen LogP contribution < -0.4 is 0 Å². The van der Waals surface area contributed by atoms with Crippen LogP contribution in [0, 0.1) is 17.8 Å². The van der Waals surface area contributed by atoms with Crippen LogP contribution in [-0.4, -0.2) is 0 Å². The van der Waals surface area contributed by atoms with Crippen molar-refractivity contribution < 1.29 is 0 Å². The van der Waals surface area contributed by atoms with E-state index in [-0.39, 0.29) is 0 Å². The Morgan fingerprint density at radius 1 is 1.20 bits per heavy atom. The molecule has 0 aromatic heterocycles. The molecule has 0 saturated heterocycles. The predicted octanol–water partition coefficient (Wildman–Crippen LogP) is 3.49. The minimum Gasteiger partial charge on any atom is -0.103 e. The van der Waals surface area contributed by atoms with Gasteiger partial charge in [-0.3, -0.25) is 0 Å². The first-order chi connectivity index (χ1) is 4.57. The normalized spacial score (nSPS) is 16.9. The van der Waals surface area contributed by atoms with E-state index >= 15 is 0 Å². The fourth-order valence-electron chi connectivity index (χ4n) is 0.955. The van der Waals surface area contributed by atoms with Crippen LogP contribution in [0.3, 0.4) is 0 Å². The summed E-state index contributed by atoms with van der Waals surface area (Å²) in [4.78, 5) is 0. The zero-order chi connectivity index (χ0) is 8.15. The number of hydrogen-bond donors (Lipinski definition) is 0. The molecule has 0 spiro atoms. The van der Waals surface area contributed by atoms with E-state index in [4.69, 9.17) is 0 Å². The number of allylic oxidation sites excluding steroid dienone is 1. The summed E-state index contributed by atoms with van der Waals surface area (Å²) in [5, 5.41) is 0. The highest BCUT2D eigenvalue weighted by Crippen LogP contribution is 2.19. The van der Waals surface area contributed by atoms with Gasteiger partial charge in [0.15, 0.2) is 0 Å². The highest BCUT2D eigenvalue weighted by Gasteiger charge is 2.08. The highest BCUT2D eigenvalue weighted by molar-refractivity contribution is 4.77. The van der Waals surface area contributed by atoms with Crippen molar-refractivity contribution in [1.82, 2.24) is 0 Å². The van der Waals surface area contributed by atoms with Crippen LogP contribution in [0.15, 0.2) is 12.7 Å². The molecule has 0 heteroatoms. The Labute approximate surface area is 65.3 Å². The Bertz CT molecular complexity index is 92.2. The second-order valence-corrected chi connectivity index (χ2v) is 3.67. The van der Waals surface area contributed by atoms with Crippen molar-refractivity contribution in [2.75, 3.05) is 0 Å². The molecular weight excluding hydrogens is 120 g/mol. The summed E-state index contributed by atoms with van der Waals surface area (Å²) in [6.07, 6.45) is 3.32. The Hall–Kier alpha value is -0.260. The van der Waals surface area contributed by atoms with Gasteiger partial charge in [0.2, 0.25) is 0 Å². The first-order valence-electron chi connectivity index (χ1n) is 4.20. The van der Waals surface area contributed by atoms with E-state index < -0.39 is 0 Å². The third-order valence-electron chi connectivity index (χ3n) is 2.28. The van der Waals surface area contributed by atoms with E-state index in [1.165, 1.54) is 6.42 Å². The average molecular weight is 140 g/mol. The molecule has 0 nitrogen and oxygen atoms in total. The second kappa shape index (κ2) is 4.54. The van der Waals surface area contributed by atoms with Crippen molar-refractivity contribution >= 4 is 0 Å². The lowest BCUT2D eigenvalue weighted by Crippen LogP contribution is -2.07. The summed E-state index contributed by atoms with van der Waals surface area (Å²) < 4.78 is 0. The molecule has 0 heterocycles. The van der Waals surface area contributed by atoms with Gasteiger partial charge in [-0.25, -0.2) is 0 Å². The maximum Gasteiger partial charge on any atom is -0.0262 e. The van der Waals surface area contributed by atoms with E-state index in [9.17, 15) is 0 Å². The zero-order valence-corrected chi connectivity index (χ0v) is 7.72. The molecule has 0 radical (unpaired) electrons. The number of hydrogen-bond acceptors (Lipinski definition) is 0. The minimum absolute atomic E-state index is 0.678. The largest absolute Gasteiger partial charge is 0.103 e. The van der Waals surface area contributed by atoms with Crippen LogP contribution >= 0.6 is 0 Å². The molecule has 0 aliphatic heterocycles. The van der Waals surface area contributed by atoms with Crippen molar-refractivity contribution in [2.45, 2.75) is 34.1 Å². The maximum atomic E-state index is 3.77. The number of rotatable bonds is 4. The summed E-state index contributed by atoms with van der Waals surface area (Å²) in [5.74, 6) is 2.31. The summed E-state index contributed by atoms with van der Waals surface area (Å²) in [6, 6.07) is 0. The molecule has 0 bridgehead atoms. The Balaban J connectivity index is 3.56. The molecular formula is C10H20. The van der Waals surface area contributed by atoms with E-state index in [0.29, 0.717) is 5.92 Å². The molecule has 0 rings (SSSR count). The summed E-state index contributed by atoms with van der Waals surface area (Å²) in [6.45, 7) is 12.9. The maximum absolute atomic E-state index is 3.77. The molecule has 0 aromatic rings. The minimum atomic E-state index is 0.678. The van der Waals surface area contributed by atoms with Gasteiger partial charge in [-0.1, -0.05) is 33.8 Å². The quantitative estimate of drug-likeness (QED) is 0.524. The van der Waals surface area contributed by atoms with Gasteiger partial charge in [-0.15, -0.1) is 6.58 Å². The van der Waals surface area contributed by atoms with E-state index in [0.717, 1.165) is 11.8 Å². The van der Waals surface area contributed by atoms with Gasteiger partial charge in [0, 0.05) is 0 Å². The Morgan fingerprint density at radius 3 is 2.00 bits per heavy atom. The monoisotopic (exact) mass is 140 g/mol. The van der Waals surface area contributed by atoms with E-state index in [1.807, 2.05) is 6.08 Å².